The molecule has 9 heteroatoms. The summed E-state index contributed by atoms with van der Waals surface area (Å²) in [7, 11) is 0. The molecule has 3 rings (SSSR count). The Morgan fingerprint density at radius 1 is 1.36 bits per heavy atom. The van der Waals surface area contributed by atoms with Gasteiger partial charge in [-0.15, -0.1) is 12.4 Å². The number of alkyl halides is 3. The van der Waals surface area contributed by atoms with E-state index in [4.69, 9.17) is 0 Å². The van der Waals surface area contributed by atoms with Crippen molar-refractivity contribution in [1.29, 1.82) is 0 Å². The lowest BCUT2D eigenvalue weighted by atomic mass is 9.97. The van der Waals surface area contributed by atoms with Crippen molar-refractivity contribution in [2.45, 2.75) is 32.0 Å². The van der Waals surface area contributed by atoms with E-state index in [0.29, 0.717) is 19.5 Å². The number of fused-ring (bicyclic) bond motifs is 1. The van der Waals surface area contributed by atoms with Gasteiger partial charge in [-0.05, 0) is 12.8 Å². The summed E-state index contributed by atoms with van der Waals surface area (Å²) in [5.74, 6) is -1.83. The Balaban J connectivity index is 0.00000176. The molecule has 0 radical (unpaired) electrons. The Morgan fingerprint density at radius 2 is 2.14 bits per heavy atom. The van der Waals surface area contributed by atoms with Gasteiger partial charge in [0, 0.05) is 43.9 Å². The van der Waals surface area contributed by atoms with Gasteiger partial charge in [0.15, 0.2) is 5.69 Å². The smallest absolute Gasteiger partial charge is 0.337 e. The molecule has 1 aromatic rings. The molecule has 0 spiro atoms. The maximum Gasteiger partial charge on any atom is 0.393 e. The lowest BCUT2D eigenvalue weighted by molar-refractivity contribution is -0.184. The second-order valence-corrected chi connectivity index (χ2v) is 5.59. The molecule has 1 amide bonds. The van der Waals surface area contributed by atoms with Crippen LogP contribution in [0.2, 0.25) is 0 Å². The van der Waals surface area contributed by atoms with Gasteiger partial charge in [-0.2, -0.15) is 18.3 Å². The van der Waals surface area contributed by atoms with Crippen molar-refractivity contribution in [1.82, 2.24) is 20.4 Å². The quantitative estimate of drug-likeness (QED) is 0.822. The third-order valence-corrected chi connectivity index (χ3v) is 4.18. The molecule has 2 aliphatic rings. The zero-order valence-electron chi connectivity index (χ0n) is 11.9. The van der Waals surface area contributed by atoms with E-state index < -0.39 is 18.0 Å². The number of rotatable bonds is 1. The summed E-state index contributed by atoms with van der Waals surface area (Å²) >= 11 is 0. The van der Waals surface area contributed by atoms with Crippen molar-refractivity contribution < 1.29 is 18.0 Å². The molecule has 1 atom stereocenters. The predicted molar refractivity (Wildman–Crippen MR) is 75.9 cm³/mol. The van der Waals surface area contributed by atoms with Crippen molar-refractivity contribution in [3.63, 3.8) is 0 Å². The Labute approximate surface area is 132 Å². The van der Waals surface area contributed by atoms with E-state index in [0.717, 1.165) is 24.2 Å². The number of likely N-dealkylation sites (tertiary alicyclic amines) is 1. The van der Waals surface area contributed by atoms with Crippen LogP contribution >= 0.6 is 12.4 Å². The molecule has 0 saturated carbocycles. The fraction of sp³-hybridized carbons (Fsp3) is 0.692. The molecular formula is C13H18ClF3N4O. The molecule has 22 heavy (non-hydrogen) atoms. The summed E-state index contributed by atoms with van der Waals surface area (Å²) < 4.78 is 38.5. The Bertz CT molecular complexity index is 546. The summed E-state index contributed by atoms with van der Waals surface area (Å²) in [6.45, 7) is 1.43. The first kappa shape index (κ1) is 17.1. The van der Waals surface area contributed by atoms with Crippen LogP contribution in [0.3, 0.4) is 0 Å². The number of amides is 1. The van der Waals surface area contributed by atoms with Crippen molar-refractivity contribution >= 4 is 18.3 Å². The molecule has 124 valence electrons. The van der Waals surface area contributed by atoms with Gasteiger partial charge in [0.05, 0.1) is 5.92 Å². The van der Waals surface area contributed by atoms with E-state index >= 15 is 0 Å². The molecule has 0 aliphatic carbocycles. The van der Waals surface area contributed by atoms with Gasteiger partial charge in [0.2, 0.25) is 0 Å². The molecule has 0 aromatic carbocycles. The number of nitrogens with one attached hydrogen (secondary N) is 2. The second kappa shape index (κ2) is 6.45. The number of hydrogen-bond donors (Lipinski definition) is 2. The Kier molecular flexibility index (Phi) is 5.01. The Morgan fingerprint density at radius 3 is 2.86 bits per heavy atom. The van der Waals surface area contributed by atoms with Gasteiger partial charge < -0.3 is 10.2 Å². The predicted octanol–water partition coefficient (Wildman–Crippen LogP) is 1.89. The minimum Gasteiger partial charge on any atom is -0.337 e. The van der Waals surface area contributed by atoms with Crippen molar-refractivity contribution in [2.75, 3.05) is 19.6 Å². The van der Waals surface area contributed by atoms with Crippen LogP contribution < -0.4 is 5.32 Å². The van der Waals surface area contributed by atoms with Gasteiger partial charge in [0.25, 0.3) is 5.91 Å². The number of aromatic amines is 1. The summed E-state index contributed by atoms with van der Waals surface area (Å²) in [5, 5.41) is 10.00. The van der Waals surface area contributed by atoms with E-state index in [1.807, 2.05) is 0 Å². The highest BCUT2D eigenvalue weighted by Gasteiger charge is 2.43. The van der Waals surface area contributed by atoms with E-state index in [1.54, 1.807) is 0 Å². The number of carbonyl (C=O) groups excluding carboxylic acids is 1. The number of halogens is 4. The van der Waals surface area contributed by atoms with Gasteiger partial charge in [-0.1, -0.05) is 0 Å². The number of nitrogens with zero attached hydrogens (tertiary/aromatic N) is 2. The van der Waals surface area contributed by atoms with E-state index in [-0.39, 0.29) is 31.1 Å². The van der Waals surface area contributed by atoms with Crippen LogP contribution in [0.25, 0.3) is 0 Å². The zero-order valence-corrected chi connectivity index (χ0v) is 12.7. The molecule has 2 N–H and O–H groups in total. The van der Waals surface area contributed by atoms with Crippen LogP contribution in [0.1, 0.15) is 34.6 Å². The minimum absolute atomic E-state index is 0. The van der Waals surface area contributed by atoms with E-state index in [1.165, 1.54) is 4.90 Å². The first-order valence-corrected chi connectivity index (χ1v) is 7.09. The lowest BCUT2D eigenvalue weighted by Gasteiger charge is -2.33. The topological polar surface area (TPSA) is 61.0 Å². The molecule has 0 bridgehead atoms. The van der Waals surface area contributed by atoms with E-state index in [2.05, 4.69) is 15.5 Å². The highest BCUT2D eigenvalue weighted by atomic mass is 35.5. The number of H-pyrrole nitrogens is 1. The number of hydrogen-bond acceptors (Lipinski definition) is 3. The SMILES string of the molecule is Cl.O=C(c1n[nH]c2c1CNCC2)N1CCCC(C(F)(F)F)C1. The van der Waals surface area contributed by atoms with E-state index in [9.17, 15) is 18.0 Å². The van der Waals surface area contributed by atoms with Crippen molar-refractivity contribution in [3.8, 4) is 0 Å². The second-order valence-electron chi connectivity index (χ2n) is 5.59. The minimum atomic E-state index is -4.24. The largest absolute Gasteiger partial charge is 0.393 e. The summed E-state index contributed by atoms with van der Waals surface area (Å²) in [4.78, 5) is 13.7. The van der Waals surface area contributed by atoms with Gasteiger partial charge in [-0.25, -0.2) is 0 Å². The molecule has 1 saturated heterocycles. The average molecular weight is 339 g/mol. The molecule has 1 aromatic heterocycles. The maximum absolute atomic E-state index is 12.8. The highest BCUT2D eigenvalue weighted by Crippen LogP contribution is 2.33. The lowest BCUT2D eigenvalue weighted by Crippen LogP contribution is -2.45. The first-order chi connectivity index (χ1) is 9.97. The molecule has 3 heterocycles. The van der Waals surface area contributed by atoms with Gasteiger partial charge >= 0.3 is 6.18 Å². The molecule has 2 aliphatic heterocycles. The average Bonchev–Trinajstić information content (AvgIpc) is 2.90. The summed E-state index contributed by atoms with van der Waals surface area (Å²) in [5.41, 5.74) is 1.96. The van der Waals surface area contributed by atoms with Crippen LogP contribution in [0.15, 0.2) is 0 Å². The van der Waals surface area contributed by atoms with Crippen LogP contribution in [0.4, 0.5) is 13.2 Å². The van der Waals surface area contributed by atoms with Crippen molar-refractivity contribution in [3.05, 3.63) is 17.0 Å². The zero-order chi connectivity index (χ0) is 15.0. The van der Waals surface area contributed by atoms with Crippen LogP contribution in [-0.4, -0.2) is 46.8 Å². The standard InChI is InChI=1S/C13H17F3N4O.ClH/c14-13(15,16)8-2-1-5-20(7-8)12(21)11-9-6-17-4-3-10(9)18-19-11;/h8,17H,1-7H2,(H,18,19);1H. The third kappa shape index (κ3) is 3.22. The van der Waals surface area contributed by atoms with Crippen molar-refractivity contribution in [2.24, 2.45) is 5.92 Å². The van der Waals surface area contributed by atoms with Crippen LogP contribution in [-0.2, 0) is 13.0 Å². The summed E-state index contributed by atoms with van der Waals surface area (Å²) in [6, 6.07) is 0. The summed E-state index contributed by atoms with van der Waals surface area (Å²) in [6.07, 6.45) is -3.03. The number of carbonyl (C=O) groups is 1. The fourth-order valence-electron chi connectivity index (χ4n) is 2.98. The molecule has 5 nitrogen and oxygen atoms in total. The monoisotopic (exact) mass is 338 g/mol. The van der Waals surface area contributed by atoms with Crippen LogP contribution in [0, 0.1) is 5.92 Å². The maximum atomic E-state index is 12.8. The highest BCUT2D eigenvalue weighted by molar-refractivity contribution is 5.94. The Hall–Kier alpha value is -1.28. The third-order valence-electron chi connectivity index (χ3n) is 4.18. The molecular weight excluding hydrogens is 321 g/mol. The van der Waals surface area contributed by atoms with Gasteiger partial charge in [-0.3, -0.25) is 9.89 Å². The number of piperidine rings is 1. The number of aromatic nitrogens is 2. The van der Waals surface area contributed by atoms with Crippen LogP contribution in [0.5, 0.6) is 0 Å². The molecule has 1 unspecified atom stereocenters. The normalized spacial score (nSPS) is 22.0. The first-order valence-electron chi connectivity index (χ1n) is 7.09. The van der Waals surface area contributed by atoms with Gasteiger partial charge in [0.1, 0.15) is 0 Å². The molecule has 1 fully saturated rings. The fourth-order valence-corrected chi connectivity index (χ4v) is 2.98.